The summed E-state index contributed by atoms with van der Waals surface area (Å²) in [5.74, 6) is 0.344. The third-order valence-electron chi connectivity index (χ3n) is 8.06. The minimum atomic E-state index is 0.208. The lowest BCUT2D eigenvalue weighted by atomic mass is 9.96. The van der Waals surface area contributed by atoms with Gasteiger partial charge in [-0.15, -0.1) is 6.58 Å². The van der Waals surface area contributed by atoms with E-state index < -0.39 is 0 Å². The molecule has 180 valence electrons. The number of aromatic nitrogens is 2. The Morgan fingerprint density at radius 3 is 2.16 bits per heavy atom. The van der Waals surface area contributed by atoms with Crippen molar-refractivity contribution >= 4 is 0 Å². The molecule has 0 N–H and O–H groups in total. The van der Waals surface area contributed by atoms with Crippen LogP contribution in [0.15, 0.2) is 128 Å². The number of pyridine rings is 2. The first-order chi connectivity index (χ1) is 18.8. The van der Waals surface area contributed by atoms with E-state index in [1.807, 2.05) is 24.3 Å². The third-order valence-corrected chi connectivity index (χ3v) is 8.06. The molecule has 5 aromatic rings. The largest absolute Gasteiger partial charge is 0.234 e. The van der Waals surface area contributed by atoms with Crippen LogP contribution in [0.4, 0.5) is 0 Å². The van der Waals surface area contributed by atoms with E-state index in [0.717, 1.165) is 17.7 Å². The highest BCUT2D eigenvalue weighted by Crippen LogP contribution is 2.60. The zero-order valence-corrected chi connectivity index (χ0v) is 21.0. The molecular weight excluding hydrogens is 462 g/mol. The molecule has 1 fully saturated rings. The highest BCUT2D eigenvalue weighted by Gasteiger charge is 2.70. The van der Waals surface area contributed by atoms with Crippen LogP contribution >= 0.6 is 0 Å². The SMILES string of the molecule is C=CCc1ccccc1-c1cccc(-c2ccccc2C#N)[n+]1C1C2c3ccccc3-c3cccc[n+]3C21. The Kier molecular flexibility index (Phi) is 5.27. The Hall–Kier alpha value is -4.81. The molecule has 1 aliphatic heterocycles. The molecule has 3 aromatic carbocycles. The number of allylic oxidation sites excluding steroid dienone is 1. The van der Waals surface area contributed by atoms with Gasteiger partial charge < -0.3 is 0 Å². The predicted molar refractivity (Wildman–Crippen MR) is 149 cm³/mol. The van der Waals surface area contributed by atoms with Crippen molar-refractivity contribution in [2.75, 3.05) is 0 Å². The summed E-state index contributed by atoms with van der Waals surface area (Å²) in [6.45, 7) is 4.01. The lowest BCUT2D eigenvalue weighted by Crippen LogP contribution is -2.44. The lowest BCUT2D eigenvalue weighted by Gasteiger charge is -2.12. The minimum absolute atomic E-state index is 0.208. The summed E-state index contributed by atoms with van der Waals surface area (Å²) in [6, 6.07) is 41.3. The standard InChI is InChI=1S/C35H27N3/c1-2-12-24-13-3-5-15-26(24)31-20-11-21-32(27-16-6-4-14-25(27)23-36)38(31)35-33-29-18-8-7-17-28(29)30-19-9-10-22-37(30)34(33)35/h2-11,13-22,33-35H,1,12H2/q+2. The van der Waals surface area contributed by atoms with E-state index in [-0.39, 0.29) is 6.04 Å². The molecule has 0 amide bonds. The van der Waals surface area contributed by atoms with E-state index in [1.54, 1.807) is 0 Å². The first-order valence-corrected chi connectivity index (χ1v) is 13.1. The summed E-state index contributed by atoms with van der Waals surface area (Å²) in [7, 11) is 0. The van der Waals surface area contributed by atoms with Crippen LogP contribution in [0, 0.1) is 11.3 Å². The Morgan fingerprint density at radius 2 is 1.34 bits per heavy atom. The van der Waals surface area contributed by atoms with Crippen molar-refractivity contribution in [3.05, 3.63) is 145 Å². The van der Waals surface area contributed by atoms with Crippen LogP contribution in [0.3, 0.4) is 0 Å². The van der Waals surface area contributed by atoms with Gasteiger partial charge in [0.25, 0.3) is 0 Å². The van der Waals surface area contributed by atoms with Crippen molar-refractivity contribution in [2.24, 2.45) is 0 Å². The van der Waals surface area contributed by atoms with Crippen molar-refractivity contribution in [1.82, 2.24) is 0 Å². The van der Waals surface area contributed by atoms with Crippen LogP contribution in [0.5, 0.6) is 0 Å². The fourth-order valence-electron chi connectivity index (χ4n) is 6.45. The second-order valence-electron chi connectivity index (χ2n) is 10.1. The van der Waals surface area contributed by atoms with Crippen LogP contribution in [-0.2, 0) is 6.42 Å². The highest BCUT2D eigenvalue weighted by atomic mass is 15.2. The summed E-state index contributed by atoms with van der Waals surface area (Å²) in [5.41, 5.74) is 10.3. The first-order valence-electron chi connectivity index (χ1n) is 13.1. The van der Waals surface area contributed by atoms with Gasteiger partial charge in [0, 0.05) is 29.8 Å². The van der Waals surface area contributed by atoms with Gasteiger partial charge in [-0.1, -0.05) is 54.6 Å². The van der Waals surface area contributed by atoms with Crippen LogP contribution in [0.2, 0.25) is 0 Å². The van der Waals surface area contributed by atoms with Crippen LogP contribution in [0.25, 0.3) is 33.8 Å². The van der Waals surface area contributed by atoms with E-state index >= 15 is 0 Å². The maximum absolute atomic E-state index is 10.0. The van der Waals surface area contributed by atoms with Gasteiger partial charge in [0.05, 0.1) is 16.7 Å². The zero-order valence-electron chi connectivity index (χ0n) is 21.0. The van der Waals surface area contributed by atoms with Gasteiger partial charge in [0.2, 0.25) is 29.2 Å². The number of fused-ring (bicyclic) bond motifs is 6. The maximum Gasteiger partial charge on any atom is 0.234 e. The number of hydrogen-bond acceptors (Lipinski definition) is 1. The fourth-order valence-corrected chi connectivity index (χ4v) is 6.45. The van der Waals surface area contributed by atoms with E-state index in [0.29, 0.717) is 17.5 Å². The number of rotatable bonds is 5. The molecule has 1 aliphatic carbocycles. The monoisotopic (exact) mass is 489 g/mol. The Labute approximate surface area is 223 Å². The van der Waals surface area contributed by atoms with E-state index in [2.05, 4.69) is 119 Å². The molecule has 3 heteroatoms. The molecule has 3 heterocycles. The van der Waals surface area contributed by atoms with Crippen molar-refractivity contribution in [3.8, 4) is 39.8 Å². The van der Waals surface area contributed by atoms with Crippen molar-refractivity contribution in [2.45, 2.75) is 24.4 Å². The molecule has 0 saturated heterocycles. The Morgan fingerprint density at radius 1 is 0.684 bits per heavy atom. The molecule has 0 radical (unpaired) electrons. The molecule has 7 rings (SSSR count). The number of nitriles is 1. The summed E-state index contributed by atoms with van der Waals surface area (Å²) < 4.78 is 4.97. The normalized spacial score (nSPS) is 18.4. The topological polar surface area (TPSA) is 31.5 Å². The van der Waals surface area contributed by atoms with E-state index in [4.69, 9.17) is 0 Å². The smallest absolute Gasteiger partial charge is 0.192 e. The molecule has 38 heavy (non-hydrogen) atoms. The summed E-state index contributed by atoms with van der Waals surface area (Å²) in [5, 5.41) is 10.0. The van der Waals surface area contributed by atoms with Gasteiger partial charge in [0.15, 0.2) is 6.20 Å². The second kappa shape index (κ2) is 8.94. The summed E-state index contributed by atoms with van der Waals surface area (Å²) in [6.07, 6.45) is 4.99. The lowest BCUT2D eigenvalue weighted by molar-refractivity contribution is -0.749. The Balaban J connectivity index is 1.52. The molecular formula is C35H27N3+2. The van der Waals surface area contributed by atoms with Crippen LogP contribution in [-0.4, -0.2) is 0 Å². The molecule has 0 spiro atoms. The Bertz CT molecular complexity index is 1710. The van der Waals surface area contributed by atoms with Crippen LogP contribution in [0.1, 0.15) is 34.7 Å². The number of benzene rings is 3. The number of hydrogen-bond donors (Lipinski definition) is 0. The minimum Gasteiger partial charge on any atom is -0.192 e. The van der Waals surface area contributed by atoms with E-state index in [1.165, 1.54) is 33.6 Å². The predicted octanol–water partition coefficient (Wildman–Crippen LogP) is 6.76. The van der Waals surface area contributed by atoms with Gasteiger partial charge in [-0.3, -0.25) is 0 Å². The highest BCUT2D eigenvalue weighted by molar-refractivity contribution is 5.69. The molecule has 1 saturated carbocycles. The van der Waals surface area contributed by atoms with Crippen molar-refractivity contribution < 1.29 is 9.13 Å². The third kappa shape index (κ3) is 3.34. The average Bonchev–Trinajstić information content (AvgIpc) is 3.73. The average molecular weight is 490 g/mol. The fraction of sp³-hybridized carbons (Fsp3) is 0.114. The zero-order chi connectivity index (χ0) is 25.6. The molecule has 3 nitrogen and oxygen atoms in total. The molecule has 2 aromatic heterocycles. The van der Waals surface area contributed by atoms with Gasteiger partial charge in [-0.05, 0) is 53.9 Å². The van der Waals surface area contributed by atoms with Crippen molar-refractivity contribution in [3.63, 3.8) is 0 Å². The van der Waals surface area contributed by atoms with Gasteiger partial charge in [-0.25, -0.2) is 0 Å². The van der Waals surface area contributed by atoms with Crippen molar-refractivity contribution in [1.29, 1.82) is 5.26 Å². The van der Waals surface area contributed by atoms with Crippen LogP contribution < -0.4 is 9.13 Å². The quantitative estimate of drug-likeness (QED) is 0.198. The van der Waals surface area contributed by atoms with Gasteiger partial charge in [-0.2, -0.15) is 14.4 Å². The number of nitrogens with zero attached hydrogens (tertiary/aromatic N) is 3. The molecule has 2 aliphatic rings. The summed E-state index contributed by atoms with van der Waals surface area (Å²) >= 11 is 0. The van der Waals surface area contributed by atoms with E-state index in [9.17, 15) is 5.26 Å². The first kappa shape index (κ1) is 22.4. The second-order valence-corrected chi connectivity index (χ2v) is 10.1. The molecule has 3 unspecified atom stereocenters. The molecule has 0 bridgehead atoms. The summed E-state index contributed by atoms with van der Waals surface area (Å²) in [4.78, 5) is 0. The van der Waals surface area contributed by atoms with Gasteiger partial charge >= 0.3 is 0 Å². The maximum atomic E-state index is 10.0. The van der Waals surface area contributed by atoms with Gasteiger partial charge in [0.1, 0.15) is 12.0 Å². The molecule has 3 atom stereocenters.